The molecule has 0 radical (unpaired) electrons. The van der Waals surface area contributed by atoms with Crippen LogP contribution < -0.4 is 4.74 Å². The Hall–Kier alpha value is -2.01. The zero-order valence-electron chi connectivity index (χ0n) is 10.2. The summed E-state index contributed by atoms with van der Waals surface area (Å²) in [5.74, 6) is -5.29. The molecule has 2 nitrogen and oxygen atoms in total. The molecule has 0 heterocycles. The van der Waals surface area contributed by atoms with Gasteiger partial charge in [-0.3, -0.25) is 4.79 Å². The Morgan fingerprint density at radius 1 is 1.05 bits per heavy atom. The number of ether oxygens (including phenoxy) is 1. The standard InChI is InChI=1S/C14H8ClF3O2/c1-20-11-6-7(15)2-3-8(11)14(19)9-4-5-10(16)13(18)12(9)17/h2-6H,1H3. The summed E-state index contributed by atoms with van der Waals surface area (Å²) in [7, 11) is 1.31. The van der Waals surface area contributed by atoms with Crippen LogP contribution in [0.15, 0.2) is 30.3 Å². The molecule has 0 aliphatic carbocycles. The molecule has 2 rings (SSSR count). The fourth-order valence-electron chi connectivity index (χ4n) is 1.70. The van der Waals surface area contributed by atoms with E-state index in [1.807, 2.05) is 0 Å². The molecule has 0 saturated heterocycles. The van der Waals surface area contributed by atoms with Crippen molar-refractivity contribution >= 4 is 17.4 Å². The molecule has 0 amide bonds. The quantitative estimate of drug-likeness (QED) is 0.633. The lowest BCUT2D eigenvalue weighted by Crippen LogP contribution is -2.08. The minimum Gasteiger partial charge on any atom is -0.496 e. The monoisotopic (exact) mass is 300 g/mol. The van der Waals surface area contributed by atoms with Gasteiger partial charge in [0.2, 0.25) is 0 Å². The predicted molar refractivity (Wildman–Crippen MR) is 67.8 cm³/mol. The van der Waals surface area contributed by atoms with Gasteiger partial charge in [0, 0.05) is 5.02 Å². The van der Waals surface area contributed by atoms with Crippen LogP contribution in [0.5, 0.6) is 5.75 Å². The van der Waals surface area contributed by atoms with Crippen molar-refractivity contribution in [1.82, 2.24) is 0 Å². The second-order valence-corrected chi connectivity index (χ2v) is 4.33. The number of halogens is 4. The SMILES string of the molecule is COc1cc(Cl)ccc1C(=O)c1ccc(F)c(F)c1F. The Morgan fingerprint density at radius 3 is 2.35 bits per heavy atom. The van der Waals surface area contributed by atoms with E-state index in [4.69, 9.17) is 16.3 Å². The smallest absolute Gasteiger partial charge is 0.199 e. The van der Waals surface area contributed by atoms with E-state index in [0.29, 0.717) is 11.1 Å². The molecule has 0 aliphatic rings. The molecule has 0 saturated carbocycles. The zero-order chi connectivity index (χ0) is 14.9. The highest BCUT2D eigenvalue weighted by Gasteiger charge is 2.22. The summed E-state index contributed by atoms with van der Waals surface area (Å²) in [4.78, 5) is 12.2. The van der Waals surface area contributed by atoms with Crippen LogP contribution >= 0.6 is 11.6 Å². The first-order chi connectivity index (χ1) is 9.45. The van der Waals surface area contributed by atoms with Gasteiger partial charge in [0.25, 0.3) is 0 Å². The van der Waals surface area contributed by atoms with E-state index in [9.17, 15) is 18.0 Å². The van der Waals surface area contributed by atoms with Gasteiger partial charge in [-0.1, -0.05) is 11.6 Å². The first-order valence-corrected chi connectivity index (χ1v) is 5.85. The lowest BCUT2D eigenvalue weighted by atomic mass is 10.0. The second kappa shape index (κ2) is 5.54. The maximum Gasteiger partial charge on any atom is 0.199 e. The van der Waals surface area contributed by atoms with Crippen molar-refractivity contribution in [2.45, 2.75) is 0 Å². The van der Waals surface area contributed by atoms with Crippen LogP contribution in [0.25, 0.3) is 0 Å². The topological polar surface area (TPSA) is 26.3 Å². The van der Waals surface area contributed by atoms with E-state index < -0.39 is 28.8 Å². The highest BCUT2D eigenvalue weighted by atomic mass is 35.5. The zero-order valence-corrected chi connectivity index (χ0v) is 11.0. The fraction of sp³-hybridized carbons (Fsp3) is 0.0714. The summed E-state index contributed by atoms with van der Waals surface area (Å²) < 4.78 is 44.6. The van der Waals surface area contributed by atoms with Crippen molar-refractivity contribution in [3.05, 3.63) is 63.9 Å². The molecular weight excluding hydrogens is 293 g/mol. The molecule has 0 spiro atoms. The van der Waals surface area contributed by atoms with E-state index >= 15 is 0 Å². The molecule has 2 aromatic carbocycles. The minimum absolute atomic E-state index is 0.00167. The van der Waals surface area contributed by atoms with E-state index in [1.165, 1.54) is 25.3 Å². The molecule has 0 unspecified atom stereocenters. The van der Waals surface area contributed by atoms with Crippen LogP contribution in [0.3, 0.4) is 0 Å². The second-order valence-electron chi connectivity index (χ2n) is 3.90. The Morgan fingerprint density at radius 2 is 1.70 bits per heavy atom. The average molecular weight is 301 g/mol. The number of methoxy groups -OCH3 is 1. The number of rotatable bonds is 3. The maximum absolute atomic E-state index is 13.6. The molecule has 0 atom stereocenters. The Kier molecular flexibility index (Phi) is 3.99. The first-order valence-electron chi connectivity index (χ1n) is 5.47. The van der Waals surface area contributed by atoms with Crippen LogP contribution in [0.2, 0.25) is 5.02 Å². The van der Waals surface area contributed by atoms with E-state index in [2.05, 4.69) is 0 Å². The third-order valence-corrected chi connectivity index (χ3v) is 2.92. The Labute approximate surface area is 117 Å². The van der Waals surface area contributed by atoms with Crippen molar-refractivity contribution in [3.8, 4) is 5.75 Å². The molecule has 0 fully saturated rings. The molecule has 6 heteroatoms. The summed E-state index contributed by atoms with van der Waals surface area (Å²) in [6.45, 7) is 0. The molecule has 0 aliphatic heterocycles. The Bertz CT molecular complexity index is 686. The Balaban J connectivity index is 2.55. The van der Waals surface area contributed by atoms with Crippen LogP contribution in [0, 0.1) is 17.5 Å². The van der Waals surface area contributed by atoms with Crippen LogP contribution in [0.1, 0.15) is 15.9 Å². The average Bonchev–Trinajstić information content (AvgIpc) is 2.44. The maximum atomic E-state index is 13.6. The number of carbonyl (C=O) groups excluding carboxylic acids is 1. The summed E-state index contributed by atoms with van der Waals surface area (Å²) in [6, 6.07) is 5.67. The normalized spacial score (nSPS) is 10.4. The van der Waals surface area contributed by atoms with Crippen LogP contribution in [-0.2, 0) is 0 Å². The van der Waals surface area contributed by atoms with Gasteiger partial charge in [-0.25, -0.2) is 13.2 Å². The number of benzene rings is 2. The molecule has 104 valence electrons. The van der Waals surface area contributed by atoms with Gasteiger partial charge < -0.3 is 4.74 Å². The molecule has 0 aromatic heterocycles. The van der Waals surface area contributed by atoms with Crippen molar-refractivity contribution < 1.29 is 22.7 Å². The van der Waals surface area contributed by atoms with Crippen LogP contribution in [0.4, 0.5) is 13.2 Å². The van der Waals surface area contributed by atoms with Gasteiger partial charge in [0.15, 0.2) is 23.2 Å². The number of hydrogen-bond donors (Lipinski definition) is 0. The van der Waals surface area contributed by atoms with Gasteiger partial charge in [0.1, 0.15) is 5.75 Å². The summed E-state index contributed by atoms with van der Waals surface area (Å²) in [5.41, 5.74) is -0.577. The van der Waals surface area contributed by atoms with Gasteiger partial charge in [-0.15, -0.1) is 0 Å². The number of ketones is 1. The van der Waals surface area contributed by atoms with Crippen molar-refractivity contribution in [2.24, 2.45) is 0 Å². The van der Waals surface area contributed by atoms with E-state index in [-0.39, 0.29) is 11.3 Å². The largest absolute Gasteiger partial charge is 0.496 e. The fourth-order valence-corrected chi connectivity index (χ4v) is 1.86. The van der Waals surface area contributed by atoms with Gasteiger partial charge >= 0.3 is 0 Å². The van der Waals surface area contributed by atoms with Gasteiger partial charge in [-0.2, -0.15) is 0 Å². The molecule has 0 N–H and O–H groups in total. The highest BCUT2D eigenvalue weighted by Crippen LogP contribution is 2.27. The van der Waals surface area contributed by atoms with Crippen molar-refractivity contribution in [2.75, 3.05) is 7.11 Å². The predicted octanol–water partition coefficient (Wildman–Crippen LogP) is 4.00. The highest BCUT2D eigenvalue weighted by molar-refractivity contribution is 6.31. The number of carbonyl (C=O) groups is 1. The van der Waals surface area contributed by atoms with Crippen molar-refractivity contribution in [3.63, 3.8) is 0 Å². The molecular formula is C14H8ClF3O2. The summed E-state index contributed by atoms with van der Waals surface area (Å²) >= 11 is 5.75. The third kappa shape index (κ3) is 2.49. The van der Waals surface area contributed by atoms with E-state index in [1.54, 1.807) is 0 Å². The van der Waals surface area contributed by atoms with Crippen molar-refractivity contribution in [1.29, 1.82) is 0 Å². The summed E-state index contributed by atoms with van der Waals surface area (Å²) in [6.07, 6.45) is 0. The number of hydrogen-bond acceptors (Lipinski definition) is 2. The molecule has 0 bridgehead atoms. The summed E-state index contributed by atoms with van der Waals surface area (Å²) in [5, 5.41) is 0.323. The first kappa shape index (κ1) is 14.4. The molecule has 20 heavy (non-hydrogen) atoms. The van der Waals surface area contributed by atoms with E-state index in [0.717, 1.165) is 6.07 Å². The lowest BCUT2D eigenvalue weighted by Gasteiger charge is -2.09. The minimum atomic E-state index is -1.69. The van der Waals surface area contributed by atoms with Gasteiger partial charge in [-0.05, 0) is 30.3 Å². The van der Waals surface area contributed by atoms with Gasteiger partial charge in [0.05, 0.1) is 18.2 Å². The van der Waals surface area contributed by atoms with Crippen LogP contribution in [-0.4, -0.2) is 12.9 Å². The lowest BCUT2D eigenvalue weighted by molar-refractivity contribution is 0.103. The molecule has 2 aromatic rings. The third-order valence-electron chi connectivity index (χ3n) is 2.69.